The summed E-state index contributed by atoms with van der Waals surface area (Å²) >= 11 is 1.70. The molecule has 0 radical (unpaired) electrons. The molecule has 1 aromatic carbocycles. The van der Waals surface area contributed by atoms with Crippen molar-refractivity contribution in [3.63, 3.8) is 0 Å². The molecule has 0 fully saturated rings. The van der Waals surface area contributed by atoms with Crippen LogP contribution in [0.5, 0.6) is 0 Å². The lowest BCUT2D eigenvalue weighted by atomic mass is 9.87. The zero-order valence-corrected chi connectivity index (χ0v) is 16.5. The predicted octanol–water partition coefficient (Wildman–Crippen LogP) is 4.45. The first-order valence-corrected chi connectivity index (χ1v) is 9.54. The highest BCUT2D eigenvalue weighted by molar-refractivity contribution is 7.98. The molecule has 0 bridgehead atoms. The first-order valence-electron chi connectivity index (χ1n) is 8.55. The molecule has 0 unspecified atom stereocenters. The molecule has 4 nitrogen and oxygen atoms in total. The zero-order chi connectivity index (χ0) is 17.9. The summed E-state index contributed by atoms with van der Waals surface area (Å²) in [6.45, 7) is 11.1. The van der Waals surface area contributed by atoms with Crippen molar-refractivity contribution < 1.29 is 0 Å². The normalized spacial score (nSPS) is 13.5. The van der Waals surface area contributed by atoms with E-state index in [0.29, 0.717) is 5.92 Å². The Hall–Kier alpha value is -1.33. The third kappa shape index (κ3) is 4.84. The number of nitrogens with zero attached hydrogens (tertiary/aromatic N) is 3. The summed E-state index contributed by atoms with van der Waals surface area (Å²) in [7, 11) is 2.00. The fourth-order valence-corrected chi connectivity index (χ4v) is 3.51. The highest BCUT2D eigenvalue weighted by Gasteiger charge is 2.17. The third-order valence-electron chi connectivity index (χ3n) is 4.11. The number of hydrogen-bond acceptors (Lipinski definition) is 4. The van der Waals surface area contributed by atoms with E-state index in [-0.39, 0.29) is 11.5 Å². The number of rotatable bonds is 6. The summed E-state index contributed by atoms with van der Waals surface area (Å²) in [6.07, 6.45) is 0.922. The summed E-state index contributed by atoms with van der Waals surface area (Å²) in [4.78, 5) is 0. The van der Waals surface area contributed by atoms with E-state index in [9.17, 15) is 0 Å². The van der Waals surface area contributed by atoms with Gasteiger partial charge in [0, 0.05) is 12.8 Å². The van der Waals surface area contributed by atoms with E-state index in [1.54, 1.807) is 11.8 Å². The van der Waals surface area contributed by atoms with Crippen LogP contribution in [0.4, 0.5) is 0 Å². The van der Waals surface area contributed by atoms with Gasteiger partial charge < -0.3 is 10.3 Å². The predicted molar refractivity (Wildman–Crippen MR) is 102 cm³/mol. The molecule has 1 aromatic heterocycles. The van der Waals surface area contributed by atoms with Gasteiger partial charge in [0.1, 0.15) is 5.82 Å². The second kappa shape index (κ2) is 7.70. The molecule has 24 heavy (non-hydrogen) atoms. The molecule has 2 N–H and O–H groups in total. The molecular weight excluding hydrogens is 316 g/mol. The smallest absolute Gasteiger partial charge is 0.191 e. The summed E-state index contributed by atoms with van der Waals surface area (Å²) in [5, 5.41) is 9.53. The van der Waals surface area contributed by atoms with E-state index in [2.05, 4.69) is 69.1 Å². The van der Waals surface area contributed by atoms with E-state index in [4.69, 9.17) is 5.73 Å². The fraction of sp³-hybridized carbons (Fsp3) is 0.579. The van der Waals surface area contributed by atoms with Crippen LogP contribution in [-0.2, 0) is 18.2 Å². The minimum absolute atomic E-state index is 0.0529. The fourth-order valence-electron chi connectivity index (χ4n) is 2.64. The van der Waals surface area contributed by atoms with Crippen molar-refractivity contribution in [2.45, 2.75) is 63.4 Å². The van der Waals surface area contributed by atoms with Gasteiger partial charge in [-0.2, -0.15) is 0 Å². The van der Waals surface area contributed by atoms with Crippen LogP contribution in [0.2, 0.25) is 0 Å². The van der Waals surface area contributed by atoms with Gasteiger partial charge >= 0.3 is 0 Å². The molecule has 132 valence electrons. The minimum Gasteiger partial charge on any atom is -0.321 e. The van der Waals surface area contributed by atoms with Gasteiger partial charge in [0.05, 0.1) is 6.04 Å². The summed E-state index contributed by atoms with van der Waals surface area (Å²) in [6, 6.07) is 8.79. The monoisotopic (exact) mass is 346 g/mol. The second-order valence-electron chi connectivity index (χ2n) is 7.87. The molecule has 0 aliphatic rings. The lowest BCUT2D eigenvalue weighted by Crippen LogP contribution is -2.17. The van der Waals surface area contributed by atoms with Crippen molar-refractivity contribution >= 4 is 11.8 Å². The van der Waals surface area contributed by atoms with Crippen molar-refractivity contribution in [1.29, 1.82) is 0 Å². The van der Waals surface area contributed by atoms with E-state index < -0.39 is 0 Å². The zero-order valence-electron chi connectivity index (χ0n) is 15.7. The van der Waals surface area contributed by atoms with Crippen molar-refractivity contribution in [1.82, 2.24) is 14.8 Å². The molecule has 2 rings (SSSR count). The van der Waals surface area contributed by atoms with E-state index in [1.807, 2.05) is 11.6 Å². The van der Waals surface area contributed by atoms with Gasteiger partial charge in [0.25, 0.3) is 0 Å². The third-order valence-corrected chi connectivity index (χ3v) is 5.20. The summed E-state index contributed by atoms with van der Waals surface area (Å²) in [5.74, 6) is 2.30. The quantitative estimate of drug-likeness (QED) is 0.785. The van der Waals surface area contributed by atoms with Crippen LogP contribution in [0.3, 0.4) is 0 Å². The summed E-state index contributed by atoms with van der Waals surface area (Å²) in [5.41, 5.74) is 9.09. The average Bonchev–Trinajstić information content (AvgIpc) is 2.85. The lowest BCUT2D eigenvalue weighted by molar-refractivity contribution is 0.480. The van der Waals surface area contributed by atoms with E-state index in [1.165, 1.54) is 11.1 Å². The Labute approximate surface area is 150 Å². The molecule has 1 atom stereocenters. The maximum Gasteiger partial charge on any atom is 0.191 e. The Kier molecular flexibility index (Phi) is 6.10. The number of nitrogens with two attached hydrogens (primary N) is 1. The minimum atomic E-state index is -0.0529. The maximum atomic E-state index is 6.24. The molecule has 1 heterocycles. The number of aromatic nitrogens is 3. The molecular formula is C19H30N4S. The van der Waals surface area contributed by atoms with Crippen LogP contribution in [0, 0.1) is 5.92 Å². The largest absolute Gasteiger partial charge is 0.321 e. The van der Waals surface area contributed by atoms with Crippen LogP contribution in [0.25, 0.3) is 0 Å². The van der Waals surface area contributed by atoms with Gasteiger partial charge in [-0.15, -0.1) is 10.2 Å². The maximum absolute atomic E-state index is 6.24. The highest BCUT2D eigenvalue weighted by Crippen LogP contribution is 2.26. The first-order chi connectivity index (χ1) is 11.2. The molecule has 0 spiro atoms. The number of hydrogen-bond donors (Lipinski definition) is 1. The van der Waals surface area contributed by atoms with Gasteiger partial charge in [0.15, 0.2) is 5.16 Å². The second-order valence-corrected chi connectivity index (χ2v) is 8.81. The van der Waals surface area contributed by atoms with Gasteiger partial charge in [0.2, 0.25) is 0 Å². The Morgan fingerprint density at radius 2 is 1.75 bits per heavy atom. The standard InChI is InChI=1S/C19H30N4S/c1-13(2)11-16(20)17-21-22-18(23(17)6)24-12-14-7-9-15(10-8-14)19(3,4)5/h7-10,13,16H,11-12,20H2,1-6H3/t16-/m0/s1. The first kappa shape index (κ1) is 19.0. The number of benzene rings is 1. The molecule has 0 aliphatic carbocycles. The van der Waals surface area contributed by atoms with Gasteiger partial charge in [-0.3, -0.25) is 0 Å². The Morgan fingerprint density at radius 3 is 2.29 bits per heavy atom. The van der Waals surface area contributed by atoms with E-state index >= 15 is 0 Å². The van der Waals surface area contributed by atoms with Crippen LogP contribution in [-0.4, -0.2) is 14.8 Å². The van der Waals surface area contributed by atoms with Crippen molar-refractivity contribution in [2.24, 2.45) is 18.7 Å². The van der Waals surface area contributed by atoms with Gasteiger partial charge in [-0.1, -0.05) is 70.6 Å². The van der Waals surface area contributed by atoms with E-state index in [0.717, 1.165) is 23.2 Å². The molecule has 0 saturated carbocycles. The van der Waals surface area contributed by atoms with Gasteiger partial charge in [-0.05, 0) is 28.9 Å². The van der Waals surface area contributed by atoms with Gasteiger partial charge in [-0.25, -0.2) is 0 Å². The van der Waals surface area contributed by atoms with Crippen LogP contribution in [0.1, 0.15) is 64.0 Å². The Balaban J connectivity index is 2.01. The average molecular weight is 347 g/mol. The summed E-state index contributed by atoms with van der Waals surface area (Å²) < 4.78 is 2.03. The van der Waals surface area contributed by atoms with Crippen LogP contribution in [0.15, 0.2) is 29.4 Å². The topological polar surface area (TPSA) is 56.7 Å². The molecule has 0 aliphatic heterocycles. The van der Waals surface area contributed by atoms with Crippen molar-refractivity contribution in [2.75, 3.05) is 0 Å². The Bertz CT molecular complexity index is 653. The SMILES string of the molecule is CC(C)C[C@H](N)c1nnc(SCc2ccc(C(C)(C)C)cc2)n1C. The van der Waals surface area contributed by atoms with Crippen molar-refractivity contribution in [3.05, 3.63) is 41.2 Å². The van der Waals surface area contributed by atoms with Crippen LogP contribution < -0.4 is 5.73 Å². The lowest BCUT2D eigenvalue weighted by Gasteiger charge is -2.19. The highest BCUT2D eigenvalue weighted by atomic mass is 32.2. The van der Waals surface area contributed by atoms with Crippen molar-refractivity contribution in [3.8, 4) is 0 Å². The molecule has 5 heteroatoms. The number of thioether (sulfide) groups is 1. The van der Waals surface area contributed by atoms with Crippen LogP contribution >= 0.6 is 11.8 Å². The molecule has 0 saturated heterocycles. The molecule has 0 amide bonds. The molecule has 2 aromatic rings. The Morgan fingerprint density at radius 1 is 1.12 bits per heavy atom.